The first-order valence-electron chi connectivity index (χ1n) is 9.57. The Kier molecular flexibility index (Phi) is 8.41. The SMILES string of the molecule is Cc1[nH]c(N)nc(=S)c1CCC(=O)Nc1ccc(C(=O)N[C@@H](CCC(=O)O)C(=O)O)cc1. The van der Waals surface area contributed by atoms with Gasteiger partial charge in [0.1, 0.15) is 10.7 Å². The molecule has 0 spiro atoms. The monoisotopic (exact) mass is 461 g/mol. The van der Waals surface area contributed by atoms with Crippen molar-refractivity contribution in [2.45, 2.75) is 38.6 Å². The van der Waals surface area contributed by atoms with E-state index in [1.54, 1.807) is 6.92 Å². The number of H-pyrrole nitrogens is 1. The van der Waals surface area contributed by atoms with E-state index in [0.29, 0.717) is 16.7 Å². The van der Waals surface area contributed by atoms with Crippen molar-refractivity contribution in [3.8, 4) is 0 Å². The molecule has 2 rings (SSSR count). The maximum atomic E-state index is 12.2. The minimum atomic E-state index is -1.32. The number of carboxylic acids is 2. The van der Waals surface area contributed by atoms with Crippen molar-refractivity contribution >= 4 is 47.6 Å². The van der Waals surface area contributed by atoms with E-state index in [-0.39, 0.29) is 36.7 Å². The molecule has 12 heteroatoms. The van der Waals surface area contributed by atoms with Gasteiger partial charge in [-0.15, -0.1) is 0 Å². The van der Waals surface area contributed by atoms with Crippen molar-refractivity contribution in [3.05, 3.63) is 45.7 Å². The van der Waals surface area contributed by atoms with E-state index < -0.39 is 23.9 Å². The molecule has 0 saturated heterocycles. The summed E-state index contributed by atoms with van der Waals surface area (Å²) in [5.41, 5.74) is 7.68. The molecular formula is C20H23N5O6S. The summed E-state index contributed by atoms with van der Waals surface area (Å²) in [6.45, 7) is 1.79. The standard InChI is InChI=1S/C20H23N5O6S/c1-10-13(18(32)25-20(21)22-10)6-8-15(26)23-12-4-2-11(3-5-12)17(29)24-14(19(30)31)7-9-16(27)28/h2-5,14H,6-9H2,1H3,(H,23,26)(H,24,29)(H,27,28)(H,30,31)(H3,21,22,25,32)/t14-/m0/s1. The topological polar surface area (TPSA) is 187 Å². The summed E-state index contributed by atoms with van der Waals surface area (Å²) < 4.78 is 0.338. The van der Waals surface area contributed by atoms with Gasteiger partial charge in [0.2, 0.25) is 5.91 Å². The van der Waals surface area contributed by atoms with Crippen molar-refractivity contribution in [3.63, 3.8) is 0 Å². The number of aromatic nitrogens is 2. The lowest BCUT2D eigenvalue weighted by molar-refractivity contribution is -0.140. The van der Waals surface area contributed by atoms with Crippen molar-refractivity contribution in [2.75, 3.05) is 11.1 Å². The van der Waals surface area contributed by atoms with E-state index in [1.807, 2.05) is 0 Å². The zero-order chi connectivity index (χ0) is 23.8. The second-order valence-corrected chi connectivity index (χ2v) is 7.34. The minimum Gasteiger partial charge on any atom is -0.481 e. The molecule has 0 fully saturated rings. The third kappa shape index (κ3) is 7.16. The first-order valence-corrected chi connectivity index (χ1v) is 9.98. The number of aliphatic carboxylic acids is 2. The maximum Gasteiger partial charge on any atom is 0.326 e. The summed E-state index contributed by atoms with van der Waals surface area (Å²) in [4.78, 5) is 53.2. The molecule has 0 aliphatic heterocycles. The lowest BCUT2D eigenvalue weighted by atomic mass is 10.1. The van der Waals surface area contributed by atoms with Gasteiger partial charge in [-0.3, -0.25) is 14.4 Å². The van der Waals surface area contributed by atoms with Gasteiger partial charge in [-0.1, -0.05) is 12.2 Å². The van der Waals surface area contributed by atoms with E-state index in [9.17, 15) is 19.2 Å². The van der Waals surface area contributed by atoms with Gasteiger partial charge in [-0.05, 0) is 44.0 Å². The molecule has 7 N–H and O–H groups in total. The third-order valence-electron chi connectivity index (χ3n) is 4.53. The quantitative estimate of drug-likeness (QED) is 0.286. The number of nitrogens with zero attached hydrogens (tertiary/aromatic N) is 1. The number of rotatable bonds is 10. The molecule has 1 aromatic heterocycles. The second kappa shape index (κ2) is 11.0. The molecule has 2 amide bonds. The number of hydrogen-bond donors (Lipinski definition) is 6. The number of hydrogen-bond acceptors (Lipinski definition) is 7. The molecule has 0 unspecified atom stereocenters. The lowest BCUT2D eigenvalue weighted by Crippen LogP contribution is -2.41. The molecule has 1 atom stereocenters. The Labute approximate surface area is 188 Å². The minimum absolute atomic E-state index is 0.149. The van der Waals surface area contributed by atoms with Crippen LogP contribution in [0.2, 0.25) is 0 Å². The molecule has 2 aromatic rings. The first kappa shape index (κ1) is 24.5. The van der Waals surface area contributed by atoms with Crippen LogP contribution in [0.1, 0.15) is 40.9 Å². The Morgan fingerprint density at radius 3 is 2.38 bits per heavy atom. The van der Waals surface area contributed by atoms with Crippen molar-refractivity contribution in [1.82, 2.24) is 15.3 Å². The van der Waals surface area contributed by atoms with Gasteiger partial charge in [-0.2, -0.15) is 0 Å². The molecular weight excluding hydrogens is 438 g/mol. The molecule has 0 radical (unpaired) electrons. The van der Waals surface area contributed by atoms with E-state index in [0.717, 1.165) is 11.3 Å². The summed E-state index contributed by atoms with van der Waals surface area (Å²) in [5, 5.41) is 22.8. The highest BCUT2D eigenvalue weighted by molar-refractivity contribution is 7.71. The van der Waals surface area contributed by atoms with Crippen LogP contribution in [-0.2, 0) is 20.8 Å². The Bertz CT molecular complexity index is 1080. The normalized spacial score (nSPS) is 11.4. The zero-order valence-electron chi connectivity index (χ0n) is 17.2. The largest absolute Gasteiger partial charge is 0.481 e. The molecule has 1 aromatic carbocycles. The fraction of sp³-hybridized carbons (Fsp3) is 0.300. The molecule has 11 nitrogen and oxygen atoms in total. The van der Waals surface area contributed by atoms with Gasteiger partial charge < -0.3 is 31.6 Å². The van der Waals surface area contributed by atoms with E-state index in [2.05, 4.69) is 20.6 Å². The van der Waals surface area contributed by atoms with Crippen LogP contribution in [-0.4, -0.2) is 50.0 Å². The third-order valence-corrected chi connectivity index (χ3v) is 4.87. The Morgan fingerprint density at radius 2 is 1.81 bits per heavy atom. The molecule has 32 heavy (non-hydrogen) atoms. The Balaban J connectivity index is 1.93. The summed E-state index contributed by atoms with van der Waals surface area (Å²) in [5.74, 6) is -3.21. The number of carbonyl (C=O) groups is 4. The molecule has 1 heterocycles. The predicted octanol–water partition coefficient (Wildman–Crippen LogP) is 1.65. The van der Waals surface area contributed by atoms with E-state index in [4.69, 9.17) is 28.2 Å². The molecule has 0 saturated carbocycles. The number of nitrogen functional groups attached to an aromatic ring is 1. The second-order valence-electron chi connectivity index (χ2n) is 6.95. The number of amides is 2. The predicted molar refractivity (Wildman–Crippen MR) is 118 cm³/mol. The average molecular weight is 462 g/mol. The summed E-state index contributed by atoms with van der Waals surface area (Å²) in [6, 6.07) is 4.52. The molecule has 0 aliphatic rings. The number of aromatic amines is 1. The fourth-order valence-corrected chi connectivity index (χ4v) is 3.21. The van der Waals surface area contributed by atoms with Gasteiger partial charge in [0.25, 0.3) is 5.91 Å². The fourth-order valence-electron chi connectivity index (χ4n) is 2.86. The average Bonchev–Trinajstić information content (AvgIpc) is 2.70. The van der Waals surface area contributed by atoms with Gasteiger partial charge in [0.15, 0.2) is 5.95 Å². The van der Waals surface area contributed by atoms with Crippen LogP contribution >= 0.6 is 12.2 Å². The lowest BCUT2D eigenvalue weighted by Gasteiger charge is -2.14. The number of nitrogens with two attached hydrogens (primary N) is 1. The number of carbonyl (C=O) groups excluding carboxylic acids is 2. The summed E-state index contributed by atoms with van der Waals surface area (Å²) >= 11 is 5.18. The highest BCUT2D eigenvalue weighted by Gasteiger charge is 2.21. The van der Waals surface area contributed by atoms with Crippen LogP contribution in [0, 0.1) is 11.6 Å². The van der Waals surface area contributed by atoms with Crippen molar-refractivity contribution in [1.29, 1.82) is 0 Å². The highest BCUT2D eigenvalue weighted by Crippen LogP contribution is 2.14. The number of aryl methyl sites for hydroxylation is 1. The molecule has 170 valence electrons. The Hall–Kier alpha value is -3.80. The van der Waals surface area contributed by atoms with Gasteiger partial charge in [0, 0.05) is 35.3 Å². The van der Waals surface area contributed by atoms with Gasteiger partial charge in [-0.25, -0.2) is 9.78 Å². The van der Waals surface area contributed by atoms with Crippen LogP contribution in [0.4, 0.5) is 11.6 Å². The van der Waals surface area contributed by atoms with Crippen LogP contribution in [0.3, 0.4) is 0 Å². The zero-order valence-corrected chi connectivity index (χ0v) is 18.0. The van der Waals surface area contributed by atoms with E-state index >= 15 is 0 Å². The van der Waals surface area contributed by atoms with Crippen LogP contribution in [0.5, 0.6) is 0 Å². The van der Waals surface area contributed by atoms with Crippen LogP contribution in [0.25, 0.3) is 0 Å². The maximum absolute atomic E-state index is 12.2. The Morgan fingerprint density at radius 1 is 1.16 bits per heavy atom. The first-order chi connectivity index (χ1) is 15.1. The van der Waals surface area contributed by atoms with Gasteiger partial charge >= 0.3 is 11.9 Å². The number of nitrogens with one attached hydrogen (secondary N) is 3. The molecule has 0 bridgehead atoms. The highest BCUT2D eigenvalue weighted by atomic mass is 32.1. The van der Waals surface area contributed by atoms with E-state index in [1.165, 1.54) is 24.3 Å². The summed E-state index contributed by atoms with van der Waals surface area (Å²) in [7, 11) is 0. The smallest absolute Gasteiger partial charge is 0.326 e. The van der Waals surface area contributed by atoms with Gasteiger partial charge in [0.05, 0.1) is 0 Å². The van der Waals surface area contributed by atoms with Crippen molar-refractivity contribution < 1.29 is 29.4 Å². The van der Waals surface area contributed by atoms with Crippen molar-refractivity contribution in [2.24, 2.45) is 0 Å². The number of benzene rings is 1. The van der Waals surface area contributed by atoms with Crippen LogP contribution < -0.4 is 16.4 Å². The molecule has 0 aliphatic carbocycles. The summed E-state index contributed by atoms with van der Waals surface area (Å²) in [6.07, 6.45) is -0.111. The number of carboxylic acid groups (broad SMARTS) is 2. The van der Waals surface area contributed by atoms with Crippen LogP contribution in [0.15, 0.2) is 24.3 Å². The number of anilines is 2.